The fraction of sp³-hybridized carbons (Fsp3) is 0.190. The lowest BCUT2D eigenvalue weighted by atomic mass is 10.2. The van der Waals surface area contributed by atoms with Crippen LogP contribution in [-0.4, -0.2) is 21.9 Å². The number of aryl methyl sites for hydroxylation is 1. The largest absolute Gasteiger partial charge is 0.455 e. The van der Waals surface area contributed by atoms with Crippen LogP contribution < -0.4 is 15.4 Å². The summed E-state index contributed by atoms with van der Waals surface area (Å²) >= 11 is 0. The van der Waals surface area contributed by atoms with Crippen molar-refractivity contribution < 1.29 is 9.53 Å². The van der Waals surface area contributed by atoms with Gasteiger partial charge in [-0.1, -0.05) is 30.3 Å². The Labute approximate surface area is 158 Å². The highest BCUT2D eigenvalue weighted by Crippen LogP contribution is 2.29. The van der Waals surface area contributed by atoms with Crippen molar-refractivity contribution in [3.8, 4) is 11.5 Å². The summed E-state index contributed by atoms with van der Waals surface area (Å²) in [6, 6.07) is 18.5. The molecule has 0 spiro atoms. The van der Waals surface area contributed by atoms with Gasteiger partial charge in [0.15, 0.2) is 5.75 Å². The number of anilines is 2. The molecule has 3 rings (SSSR count). The van der Waals surface area contributed by atoms with Gasteiger partial charge in [0.25, 0.3) is 5.91 Å². The molecule has 2 aromatic carbocycles. The van der Waals surface area contributed by atoms with E-state index in [9.17, 15) is 4.79 Å². The molecule has 0 fully saturated rings. The number of carbonyl (C=O) groups excluding carboxylic acids is 1. The molecule has 1 amide bonds. The topological polar surface area (TPSA) is 76.1 Å². The highest BCUT2D eigenvalue weighted by molar-refractivity contribution is 6.03. The van der Waals surface area contributed by atoms with Crippen LogP contribution in [0.3, 0.4) is 0 Å². The molecule has 1 heterocycles. The van der Waals surface area contributed by atoms with Gasteiger partial charge in [-0.05, 0) is 51.1 Å². The van der Waals surface area contributed by atoms with Crippen LogP contribution in [0.1, 0.15) is 30.0 Å². The first-order valence-electron chi connectivity index (χ1n) is 8.77. The van der Waals surface area contributed by atoms with Gasteiger partial charge in [-0.15, -0.1) is 0 Å². The van der Waals surface area contributed by atoms with E-state index < -0.39 is 0 Å². The monoisotopic (exact) mass is 362 g/mol. The minimum atomic E-state index is -0.323. The van der Waals surface area contributed by atoms with Crippen molar-refractivity contribution in [3.05, 3.63) is 72.1 Å². The summed E-state index contributed by atoms with van der Waals surface area (Å²) in [5.41, 5.74) is 1.58. The van der Waals surface area contributed by atoms with E-state index in [1.807, 2.05) is 63.2 Å². The molecule has 27 heavy (non-hydrogen) atoms. The number of hydrogen-bond donors (Lipinski definition) is 2. The Balaban J connectivity index is 1.81. The maximum atomic E-state index is 12.7. The lowest BCUT2D eigenvalue weighted by molar-refractivity contribution is 0.102. The second kappa shape index (κ2) is 8.31. The third-order valence-corrected chi connectivity index (χ3v) is 3.61. The molecule has 0 bridgehead atoms. The molecule has 3 aromatic rings. The first-order chi connectivity index (χ1) is 13.0. The Hall–Kier alpha value is -3.41. The number of rotatable bonds is 6. The van der Waals surface area contributed by atoms with Crippen LogP contribution in [0, 0.1) is 6.92 Å². The quantitative estimate of drug-likeness (QED) is 0.667. The smallest absolute Gasteiger partial charge is 0.274 e. The second-order valence-corrected chi connectivity index (χ2v) is 6.38. The molecular formula is C21H22N4O2. The minimum absolute atomic E-state index is 0.169. The van der Waals surface area contributed by atoms with Crippen molar-refractivity contribution in [1.29, 1.82) is 0 Å². The summed E-state index contributed by atoms with van der Waals surface area (Å²) in [7, 11) is 0. The van der Waals surface area contributed by atoms with E-state index in [-0.39, 0.29) is 11.9 Å². The molecule has 0 aliphatic carbocycles. The second-order valence-electron chi connectivity index (χ2n) is 6.38. The average molecular weight is 362 g/mol. The SMILES string of the molecule is Cc1cc(C(=O)Nc2ccccc2Oc2ccccc2)nc(NC(C)C)n1. The molecule has 1 aromatic heterocycles. The first-order valence-corrected chi connectivity index (χ1v) is 8.77. The number of amides is 1. The van der Waals surface area contributed by atoms with Crippen molar-refractivity contribution in [1.82, 2.24) is 9.97 Å². The Kier molecular flexibility index (Phi) is 5.66. The van der Waals surface area contributed by atoms with Gasteiger partial charge in [-0.3, -0.25) is 4.79 Å². The zero-order valence-corrected chi connectivity index (χ0v) is 15.6. The minimum Gasteiger partial charge on any atom is -0.455 e. The van der Waals surface area contributed by atoms with Gasteiger partial charge in [0.2, 0.25) is 5.95 Å². The summed E-state index contributed by atoms with van der Waals surface area (Å²) in [6.07, 6.45) is 0. The third-order valence-electron chi connectivity index (χ3n) is 3.61. The summed E-state index contributed by atoms with van der Waals surface area (Å²) in [5, 5.41) is 5.99. The Bertz CT molecular complexity index is 926. The number of ether oxygens (including phenoxy) is 1. The fourth-order valence-electron chi connectivity index (χ4n) is 2.47. The van der Waals surface area contributed by atoms with Crippen molar-refractivity contribution >= 4 is 17.5 Å². The Morgan fingerprint density at radius 3 is 2.44 bits per heavy atom. The molecule has 138 valence electrons. The number of para-hydroxylation sites is 3. The number of nitrogens with zero attached hydrogens (tertiary/aromatic N) is 2. The van der Waals surface area contributed by atoms with Crippen LogP contribution in [-0.2, 0) is 0 Å². The number of aromatic nitrogens is 2. The summed E-state index contributed by atoms with van der Waals surface area (Å²) < 4.78 is 5.89. The van der Waals surface area contributed by atoms with Crippen LogP contribution in [0.4, 0.5) is 11.6 Å². The highest BCUT2D eigenvalue weighted by Gasteiger charge is 2.14. The molecule has 6 heteroatoms. The van der Waals surface area contributed by atoms with E-state index in [2.05, 4.69) is 20.6 Å². The lowest BCUT2D eigenvalue weighted by Crippen LogP contribution is -2.18. The number of carbonyl (C=O) groups is 1. The van der Waals surface area contributed by atoms with Crippen molar-refractivity contribution in [2.75, 3.05) is 10.6 Å². The number of nitrogens with one attached hydrogen (secondary N) is 2. The van der Waals surface area contributed by atoms with Crippen LogP contribution in [0.25, 0.3) is 0 Å². The molecule has 0 saturated carbocycles. The molecule has 0 unspecified atom stereocenters. The fourth-order valence-corrected chi connectivity index (χ4v) is 2.47. The molecule has 0 atom stereocenters. The van der Waals surface area contributed by atoms with E-state index in [0.717, 1.165) is 0 Å². The van der Waals surface area contributed by atoms with E-state index in [1.54, 1.807) is 18.2 Å². The zero-order chi connectivity index (χ0) is 19.2. The molecule has 0 saturated heterocycles. The van der Waals surface area contributed by atoms with Crippen LogP contribution in [0.15, 0.2) is 60.7 Å². The lowest BCUT2D eigenvalue weighted by Gasteiger charge is -2.13. The van der Waals surface area contributed by atoms with Crippen LogP contribution in [0.5, 0.6) is 11.5 Å². The predicted molar refractivity (Wildman–Crippen MR) is 106 cm³/mol. The maximum absolute atomic E-state index is 12.7. The van der Waals surface area contributed by atoms with Gasteiger partial charge in [0.1, 0.15) is 11.4 Å². The van der Waals surface area contributed by atoms with E-state index in [1.165, 1.54) is 0 Å². The summed E-state index contributed by atoms with van der Waals surface area (Å²) in [4.78, 5) is 21.3. The summed E-state index contributed by atoms with van der Waals surface area (Å²) in [6.45, 7) is 5.81. The molecule has 0 aliphatic heterocycles. The average Bonchev–Trinajstić information content (AvgIpc) is 2.63. The van der Waals surface area contributed by atoms with E-state index in [0.29, 0.717) is 34.5 Å². The van der Waals surface area contributed by atoms with Crippen molar-refractivity contribution in [2.24, 2.45) is 0 Å². The normalized spacial score (nSPS) is 10.5. The van der Waals surface area contributed by atoms with Crippen molar-refractivity contribution in [2.45, 2.75) is 26.8 Å². The molecular weight excluding hydrogens is 340 g/mol. The third kappa shape index (κ3) is 5.04. The van der Waals surface area contributed by atoms with Gasteiger partial charge in [0, 0.05) is 11.7 Å². The van der Waals surface area contributed by atoms with E-state index >= 15 is 0 Å². The first kappa shape index (κ1) is 18.4. The Morgan fingerprint density at radius 1 is 1.00 bits per heavy atom. The maximum Gasteiger partial charge on any atom is 0.274 e. The number of hydrogen-bond acceptors (Lipinski definition) is 5. The summed E-state index contributed by atoms with van der Waals surface area (Å²) in [5.74, 6) is 1.37. The number of benzene rings is 2. The molecule has 6 nitrogen and oxygen atoms in total. The highest BCUT2D eigenvalue weighted by atomic mass is 16.5. The van der Waals surface area contributed by atoms with Crippen LogP contribution in [0.2, 0.25) is 0 Å². The van der Waals surface area contributed by atoms with Gasteiger partial charge < -0.3 is 15.4 Å². The van der Waals surface area contributed by atoms with E-state index in [4.69, 9.17) is 4.74 Å². The standard InChI is InChI=1S/C21H22N4O2/c1-14(2)22-21-23-15(3)13-18(25-21)20(26)24-17-11-7-8-12-19(17)27-16-9-5-4-6-10-16/h4-14H,1-3H3,(H,24,26)(H,22,23,25). The van der Waals surface area contributed by atoms with Crippen molar-refractivity contribution in [3.63, 3.8) is 0 Å². The van der Waals surface area contributed by atoms with Gasteiger partial charge in [-0.2, -0.15) is 0 Å². The predicted octanol–water partition coefficient (Wildman–Crippen LogP) is 4.65. The van der Waals surface area contributed by atoms with Gasteiger partial charge >= 0.3 is 0 Å². The Morgan fingerprint density at radius 2 is 1.70 bits per heavy atom. The van der Waals surface area contributed by atoms with Crippen LogP contribution >= 0.6 is 0 Å². The zero-order valence-electron chi connectivity index (χ0n) is 15.6. The molecule has 2 N–H and O–H groups in total. The van der Waals surface area contributed by atoms with Gasteiger partial charge in [-0.25, -0.2) is 9.97 Å². The molecule has 0 radical (unpaired) electrons. The van der Waals surface area contributed by atoms with Gasteiger partial charge in [0.05, 0.1) is 5.69 Å². The molecule has 0 aliphatic rings.